The van der Waals surface area contributed by atoms with E-state index in [0.29, 0.717) is 0 Å². The lowest BCUT2D eigenvalue weighted by molar-refractivity contribution is 0.00578. The highest BCUT2D eigenvalue weighted by Crippen LogP contribution is 2.37. The van der Waals surface area contributed by atoms with Gasteiger partial charge in [-0.05, 0) is 58.0 Å². The first-order chi connectivity index (χ1) is 14.4. The smallest absolute Gasteiger partial charge is 0.399 e. The highest BCUT2D eigenvalue weighted by Gasteiger charge is 2.52. The number of para-hydroxylation sites is 3. The van der Waals surface area contributed by atoms with Gasteiger partial charge in [-0.2, -0.15) is 0 Å². The molecule has 5 nitrogen and oxygen atoms in total. The van der Waals surface area contributed by atoms with Crippen LogP contribution in [0.15, 0.2) is 73.1 Å². The molecule has 4 aromatic rings. The maximum Gasteiger partial charge on any atom is 0.496 e. The second kappa shape index (κ2) is 6.79. The molecule has 2 aromatic carbocycles. The van der Waals surface area contributed by atoms with E-state index in [1.165, 1.54) is 0 Å². The summed E-state index contributed by atoms with van der Waals surface area (Å²) >= 11 is 0. The fraction of sp³-hybridized carbons (Fsp3) is 0.250. The van der Waals surface area contributed by atoms with Crippen LogP contribution >= 0.6 is 0 Å². The Morgan fingerprint density at radius 3 is 2.17 bits per heavy atom. The van der Waals surface area contributed by atoms with E-state index in [0.717, 1.165) is 33.6 Å². The monoisotopic (exact) mass is 397 g/mol. The number of benzene rings is 2. The fourth-order valence-corrected chi connectivity index (χ4v) is 3.82. The molecule has 3 heterocycles. The standard InChI is InChI=1S/C24H24BN3O2/c1-23(2)24(3,4)30-25(29-23)18-9-5-7-11-20(18)28-21-12-8-6-10-19(21)27-22(28)17-13-15-26-16-14-17/h5-16H,1-4H3. The van der Waals surface area contributed by atoms with Crippen LogP contribution in [0.25, 0.3) is 28.1 Å². The van der Waals surface area contributed by atoms with Gasteiger partial charge in [0, 0.05) is 29.1 Å². The Balaban J connectivity index is 1.74. The molecule has 1 aliphatic rings. The number of hydrogen-bond donors (Lipinski definition) is 0. The lowest BCUT2D eigenvalue weighted by Crippen LogP contribution is -2.41. The predicted octanol–water partition coefficient (Wildman–Crippen LogP) is 4.39. The Bertz CT molecular complexity index is 1200. The average Bonchev–Trinajstić information content (AvgIpc) is 3.22. The molecular weight excluding hydrogens is 373 g/mol. The third-order valence-electron chi connectivity index (χ3n) is 6.18. The van der Waals surface area contributed by atoms with Gasteiger partial charge in [-0.3, -0.25) is 9.55 Å². The van der Waals surface area contributed by atoms with Gasteiger partial charge >= 0.3 is 7.12 Å². The van der Waals surface area contributed by atoms with Gasteiger partial charge < -0.3 is 9.31 Å². The van der Waals surface area contributed by atoms with Crippen LogP contribution in [0.3, 0.4) is 0 Å². The first kappa shape index (κ1) is 19.0. The second-order valence-electron chi connectivity index (χ2n) is 8.64. The van der Waals surface area contributed by atoms with Crippen molar-refractivity contribution in [1.82, 2.24) is 14.5 Å². The summed E-state index contributed by atoms with van der Waals surface area (Å²) < 4.78 is 14.9. The quantitative estimate of drug-likeness (QED) is 0.482. The van der Waals surface area contributed by atoms with Crippen molar-refractivity contribution in [2.24, 2.45) is 0 Å². The summed E-state index contributed by atoms with van der Waals surface area (Å²) in [5.74, 6) is 0.863. The molecule has 0 unspecified atom stereocenters. The number of pyridine rings is 1. The van der Waals surface area contributed by atoms with Crippen LogP contribution in [-0.2, 0) is 9.31 Å². The van der Waals surface area contributed by atoms with Gasteiger partial charge in [0.05, 0.1) is 22.2 Å². The largest absolute Gasteiger partial charge is 0.496 e. The normalized spacial score (nSPS) is 17.5. The molecule has 1 aliphatic heterocycles. The van der Waals surface area contributed by atoms with Crippen LogP contribution in [0.2, 0.25) is 0 Å². The molecule has 30 heavy (non-hydrogen) atoms. The Hall–Kier alpha value is -2.96. The summed E-state index contributed by atoms with van der Waals surface area (Å²) in [6.07, 6.45) is 3.58. The van der Waals surface area contributed by atoms with E-state index in [4.69, 9.17) is 14.3 Å². The molecule has 1 saturated heterocycles. The molecule has 1 fully saturated rings. The van der Waals surface area contributed by atoms with Crippen molar-refractivity contribution in [3.8, 4) is 17.1 Å². The van der Waals surface area contributed by atoms with Gasteiger partial charge in [-0.1, -0.05) is 30.3 Å². The Kier molecular flexibility index (Phi) is 4.31. The van der Waals surface area contributed by atoms with Crippen molar-refractivity contribution < 1.29 is 9.31 Å². The van der Waals surface area contributed by atoms with E-state index in [9.17, 15) is 0 Å². The maximum absolute atomic E-state index is 6.38. The predicted molar refractivity (Wildman–Crippen MR) is 120 cm³/mol. The molecule has 0 radical (unpaired) electrons. The Labute approximate surface area is 176 Å². The van der Waals surface area contributed by atoms with Gasteiger partial charge in [-0.25, -0.2) is 4.98 Å². The van der Waals surface area contributed by atoms with Gasteiger partial charge in [0.2, 0.25) is 0 Å². The Morgan fingerprint density at radius 1 is 0.800 bits per heavy atom. The first-order valence-electron chi connectivity index (χ1n) is 10.2. The van der Waals surface area contributed by atoms with Crippen LogP contribution in [-0.4, -0.2) is 32.9 Å². The van der Waals surface area contributed by atoms with E-state index < -0.39 is 18.3 Å². The van der Waals surface area contributed by atoms with Crippen LogP contribution in [0, 0.1) is 0 Å². The van der Waals surface area contributed by atoms with Crippen molar-refractivity contribution >= 4 is 23.6 Å². The minimum Gasteiger partial charge on any atom is -0.399 e. The lowest BCUT2D eigenvalue weighted by atomic mass is 9.77. The van der Waals surface area contributed by atoms with Gasteiger partial charge in [0.1, 0.15) is 5.82 Å². The van der Waals surface area contributed by atoms with Gasteiger partial charge in [-0.15, -0.1) is 0 Å². The molecule has 0 bridgehead atoms. The second-order valence-corrected chi connectivity index (χ2v) is 8.64. The fourth-order valence-electron chi connectivity index (χ4n) is 3.82. The third-order valence-corrected chi connectivity index (χ3v) is 6.18. The molecule has 150 valence electrons. The topological polar surface area (TPSA) is 49.2 Å². The molecule has 0 atom stereocenters. The third kappa shape index (κ3) is 2.95. The molecule has 0 aliphatic carbocycles. The summed E-state index contributed by atoms with van der Waals surface area (Å²) in [6, 6.07) is 20.4. The summed E-state index contributed by atoms with van der Waals surface area (Å²) in [5.41, 5.74) is 4.14. The molecule has 0 spiro atoms. The van der Waals surface area contributed by atoms with Crippen LogP contribution in [0.1, 0.15) is 27.7 Å². The minimum absolute atomic E-state index is 0.407. The molecule has 0 saturated carbocycles. The van der Waals surface area contributed by atoms with Gasteiger partial charge in [0.25, 0.3) is 0 Å². The van der Waals surface area contributed by atoms with Crippen LogP contribution < -0.4 is 5.46 Å². The van der Waals surface area contributed by atoms with E-state index >= 15 is 0 Å². The molecule has 0 N–H and O–H groups in total. The zero-order chi connectivity index (χ0) is 20.9. The maximum atomic E-state index is 6.38. The summed E-state index contributed by atoms with van der Waals surface area (Å²) in [7, 11) is -0.461. The van der Waals surface area contributed by atoms with E-state index in [2.05, 4.69) is 55.4 Å². The summed E-state index contributed by atoms with van der Waals surface area (Å²) in [5, 5.41) is 0. The highest BCUT2D eigenvalue weighted by atomic mass is 16.7. The Morgan fingerprint density at radius 2 is 1.43 bits per heavy atom. The first-order valence-corrected chi connectivity index (χ1v) is 10.2. The summed E-state index contributed by atoms with van der Waals surface area (Å²) in [4.78, 5) is 9.10. The van der Waals surface area contributed by atoms with Crippen LogP contribution in [0.4, 0.5) is 0 Å². The molecule has 5 rings (SSSR count). The lowest BCUT2D eigenvalue weighted by Gasteiger charge is -2.32. The number of rotatable bonds is 3. The van der Waals surface area contributed by atoms with Crippen molar-refractivity contribution in [2.45, 2.75) is 38.9 Å². The number of nitrogens with zero attached hydrogens (tertiary/aromatic N) is 3. The summed E-state index contributed by atoms with van der Waals surface area (Å²) in [6.45, 7) is 8.30. The van der Waals surface area contributed by atoms with Crippen molar-refractivity contribution in [3.05, 3.63) is 73.1 Å². The molecule has 6 heteroatoms. The van der Waals surface area contributed by atoms with Crippen LogP contribution in [0.5, 0.6) is 0 Å². The number of aromatic nitrogens is 3. The molecule has 0 amide bonds. The zero-order valence-corrected chi connectivity index (χ0v) is 17.7. The molecular formula is C24H24BN3O2. The van der Waals surface area contributed by atoms with Crippen molar-refractivity contribution in [3.63, 3.8) is 0 Å². The average molecular weight is 397 g/mol. The van der Waals surface area contributed by atoms with Crippen molar-refractivity contribution in [1.29, 1.82) is 0 Å². The number of imidazole rings is 1. The zero-order valence-electron chi connectivity index (χ0n) is 17.7. The number of fused-ring (bicyclic) bond motifs is 1. The SMILES string of the molecule is CC1(C)OB(c2ccccc2-n2c(-c3ccncc3)nc3ccccc32)OC1(C)C. The van der Waals surface area contributed by atoms with Gasteiger partial charge in [0.15, 0.2) is 0 Å². The van der Waals surface area contributed by atoms with Crippen molar-refractivity contribution in [2.75, 3.05) is 0 Å². The highest BCUT2D eigenvalue weighted by molar-refractivity contribution is 6.63. The minimum atomic E-state index is -0.461. The van der Waals surface area contributed by atoms with E-state index in [1.807, 2.05) is 42.5 Å². The molecule has 2 aromatic heterocycles. The van der Waals surface area contributed by atoms with E-state index in [1.54, 1.807) is 12.4 Å². The van der Waals surface area contributed by atoms with E-state index in [-0.39, 0.29) is 0 Å². The number of hydrogen-bond acceptors (Lipinski definition) is 4.